The summed E-state index contributed by atoms with van der Waals surface area (Å²) in [5.41, 5.74) is 7.62. The van der Waals surface area contributed by atoms with E-state index in [0.717, 1.165) is 11.1 Å². The third kappa shape index (κ3) is 3.25. The molecule has 0 saturated carbocycles. The fourth-order valence-electron chi connectivity index (χ4n) is 1.22. The number of benzene rings is 1. The molecule has 0 fully saturated rings. The van der Waals surface area contributed by atoms with E-state index >= 15 is 0 Å². The molecule has 82 valence electrons. The number of likely N-dealkylation sites (N-methyl/N-ethyl adjacent to an activating group) is 1. The fourth-order valence-corrected chi connectivity index (χ4v) is 1.22. The zero-order valence-electron chi connectivity index (χ0n) is 9.04. The van der Waals surface area contributed by atoms with Crippen LogP contribution in [-0.2, 0) is 11.3 Å². The van der Waals surface area contributed by atoms with Crippen LogP contribution >= 0.6 is 0 Å². The van der Waals surface area contributed by atoms with Gasteiger partial charge in [0.2, 0.25) is 0 Å². The first-order valence-electron chi connectivity index (χ1n) is 4.80. The standard InChI is InChI=1S/C11H16N2O2/c1-8-3-4-10(9(5-8)6-12)15-7-11(14)13-2/h3-5H,6-7,12H2,1-2H3,(H,13,14). The first kappa shape index (κ1) is 11.5. The van der Waals surface area contributed by atoms with Crippen molar-refractivity contribution >= 4 is 5.91 Å². The molecular weight excluding hydrogens is 192 g/mol. The Morgan fingerprint density at radius 3 is 2.87 bits per heavy atom. The van der Waals surface area contributed by atoms with Crippen LogP contribution in [0.4, 0.5) is 0 Å². The van der Waals surface area contributed by atoms with E-state index in [1.807, 2.05) is 25.1 Å². The molecule has 15 heavy (non-hydrogen) atoms. The molecule has 0 spiro atoms. The van der Waals surface area contributed by atoms with E-state index in [9.17, 15) is 4.79 Å². The Bertz CT molecular complexity index is 350. The topological polar surface area (TPSA) is 64.3 Å². The molecule has 0 aliphatic heterocycles. The zero-order valence-corrected chi connectivity index (χ0v) is 9.04. The maximum absolute atomic E-state index is 11.0. The van der Waals surface area contributed by atoms with Crippen molar-refractivity contribution in [3.63, 3.8) is 0 Å². The minimum absolute atomic E-state index is 0.0204. The van der Waals surface area contributed by atoms with Crippen LogP contribution in [0.5, 0.6) is 5.75 Å². The van der Waals surface area contributed by atoms with Crippen molar-refractivity contribution in [1.82, 2.24) is 5.32 Å². The van der Waals surface area contributed by atoms with Crippen LogP contribution in [0.1, 0.15) is 11.1 Å². The highest BCUT2D eigenvalue weighted by Gasteiger charge is 2.04. The van der Waals surface area contributed by atoms with Crippen molar-refractivity contribution in [2.45, 2.75) is 13.5 Å². The van der Waals surface area contributed by atoms with Crippen molar-refractivity contribution in [3.05, 3.63) is 29.3 Å². The summed E-state index contributed by atoms with van der Waals surface area (Å²) in [6.07, 6.45) is 0. The monoisotopic (exact) mass is 208 g/mol. The van der Waals surface area contributed by atoms with Crippen LogP contribution in [0.3, 0.4) is 0 Å². The molecule has 0 radical (unpaired) electrons. The van der Waals surface area contributed by atoms with Gasteiger partial charge < -0.3 is 15.8 Å². The summed E-state index contributed by atoms with van der Waals surface area (Å²) in [5.74, 6) is 0.519. The van der Waals surface area contributed by atoms with Gasteiger partial charge in [-0.1, -0.05) is 17.7 Å². The minimum Gasteiger partial charge on any atom is -0.483 e. The number of ether oxygens (including phenoxy) is 1. The Kier molecular flexibility index (Phi) is 4.12. The molecule has 0 bridgehead atoms. The second-order valence-corrected chi connectivity index (χ2v) is 3.28. The van der Waals surface area contributed by atoms with E-state index in [4.69, 9.17) is 10.5 Å². The van der Waals surface area contributed by atoms with Gasteiger partial charge in [0.25, 0.3) is 5.91 Å². The normalized spacial score (nSPS) is 9.80. The van der Waals surface area contributed by atoms with Crippen LogP contribution in [0, 0.1) is 6.92 Å². The van der Waals surface area contributed by atoms with Gasteiger partial charge in [-0.15, -0.1) is 0 Å². The number of nitrogens with one attached hydrogen (secondary N) is 1. The Hall–Kier alpha value is -1.55. The lowest BCUT2D eigenvalue weighted by Gasteiger charge is -2.10. The third-order valence-corrected chi connectivity index (χ3v) is 2.07. The van der Waals surface area contributed by atoms with Crippen LogP contribution < -0.4 is 15.8 Å². The number of nitrogens with two attached hydrogens (primary N) is 1. The molecule has 0 heterocycles. The van der Waals surface area contributed by atoms with Gasteiger partial charge in [-0.3, -0.25) is 4.79 Å². The predicted molar refractivity (Wildman–Crippen MR) is 58.6 cm³/mol. The van der Waals surface area contributed by atoms with E-state index in [1.165, 1.54) is 0 Å². The average Bonchev–Trinajstić information content (AvgIpc) is 2.26. The van der Waals surface area contributed by atoms with Crippen molar-refractivity contribution in [2.75, 3.05) is 13.7 Å². The molecule has 0 aromatic heterocycles. The third-order valence-electron chi connectivity index (χ3n) is 2.07. The Labute approximate surface area is 89.4 Å². The van der Waals surface area contributed by atoms with E-state index in [0.29, 0.717) is 12.3 Å². The maximum Gasteiger partial charge on any atom is 0.257 e. The summed E-state index contributed by atoms with van der Waals surface area (Å²) in [5, 5.41) is 2.49. The van der Waals surface area contributed by atoms with Crippen LogP contribution in [0.25, 0.3) is 0 Å². The Morgan fingerprint density at radius 1 is 1.53 bits per heavy atom. The van der Waals surface area contributed by atoms with Crippen molar-refractivity contribution < 1.29 is 9.53 Å². The van der Waals surface area contributed by atoms with Crippen LogP contribution in [-0.4, -0.2) is 19.6 Å². The first-order valence-corrected chi connectivity index (χ1v) is 4.80. The lowest BCUT2D eigenvalue weighted by Crippen LogP contribution is -2.25. The second kappa shape index (κ2) is 5.36. The number of rotatable bonds is 4. The highest BCUT2D eigenvalue weighted by atomic mass is 16.5. The SMILES string of the molecule is CNC(=O)COc1ccc(C)cc1CN. The molecule has 1 amide bonds. The molecule has 4 nitrogen and oxygen atoms in total. The largest absolute Gasteiger partial charge is 0.483 e. The van der Waals surface area contributed by atoms with Crippen LogP contribution in [0.2, 0.25) is 0 Å². The average molecular weight is 208 g/mol. The summed E-state index contributed by atoms with van der Waals surface area (Å²) in [7, 11) is 1.57. The van der Waals surface area contributed by atoms with E-state index in [2.05, 4.69) is 5.32 Å². The van der Waals surface area contributed by atoms with Gasteiger partial charge in [0.15, 0.2) is 6.61 Å². The Balaban J connectivity index is 2.72. The lowest BCUT2D eigenvalue weighted by molar-refractivity contribution is -0.122. The second-order valence-electron chi connectivity index (χ2n) is 3.28. The van der Waals surface area contributed by atoms with Gasteiger partial charge in [-0.25, -0.2) is 0 Å². The van der Waals surface area contributed by atoms with Crippen molar-refractivity contribution in [1.29, 1.82) is 0 Å². The summed E-state index contributed by atoms with van der Waals surface area (Å²) >= 11 is 0. The molecule has 1 rings (SSSR count). The molecule has 0 atom stereocenters. The summed E-state index contributed by atoms with van der Waals surface area (Å²) in [6, 6.07) is 5.72. The maximum atomic E-state index is 11.0. The van der Waals surface area contributed by atoms with Gasteiger partial charge in [0, 0.05) is 19.2 Å². The summed E-state index contributed by atoms with van der Waals surface area (Å²) < 4.78 is 5.34. The van der Waals surface area contributed by atoms with E-state index < -0.39 is 0 Å². The molecule has 1 aromatic rings. The number of aryl methyl sites for hydroxylation is 1. The predicted octanol–water partition coefficient (Wildman–Crippen LogP) is 0.579. The summed E-state index contributed by atoms with van der Waals surface area (Å²) in [4.78, 5) is 11.0. The van der Waals surface area contributed by atoms with Crippen LogP contribution in [0.15, 0.2) is 18.2 Å². The number of hydrogen-bond donors (Lipinski definition) is 2. The van der Waals surface area contributed by atoms with Crippen molar-refractivity contribution in [3.8, 4) is 5.75 Å². The lowest BCUT2D eigenvalue weighted by atomic mass is 10.1. The molecule has 3 N–H and O–H groups in total. The molecule has 1 aromatic carbocycles. The van der Waals surface area contributed by atoms with E-state index in [1.54, 1.807) is 7.05 Å². The molecule has 0 saturated heterocycles. The first-order chi connectivity index (χ1) is 7.17. The molecule has 0 unspecified atom stereocenters. The Morgan fingerprint density at radius 2 is 2.27 bits per heavy atom. The van der Waals surface area contributed by atoms with Gasteiger partial charge in [0.05, 0.1) is 0 Å². The number of hydrogen-bond acceptors (Lipinski definition) is 3. The highest BCUT2D eigenvalue weighted by molar-refractivity contribution is 5.77. The fraction of sp³-hybridized carbons (Fsp3) is 0.364. The van der Waals surface area contributed by atoms with Gasteiger partial charge in [-0.05, 0) is 13.0 Å². The van der Waals surface area contributed by atoms with E-state index in [-0.39, 0.29) is 12.5 Å². The number of carbonyl (C=O) groups excluding carboxylic acids is 1. The number of amides is 1. The highest BCUT2D eigenvalue weighted by Crippen LogP contribution is 2.19. The van der Waals surface area contributed by atoms with Gasteiger partial charge >= 0.3 is 0 Å². The minimum atomic E-state index is -0.154. The zero-order chi connectivity index (χ0) is 11.3. The molecule has 0 aliphatic carbocycles. The summed E-state index contributed by atoms with van der Waals surface area (Å²) in [6.45, 7) is 2.42. The van der Waals surface area contributed by atoms with Gasteiger partial charge in [-0.2, -0.15) is 0 Å². The van der Waals surface area contributed by atoms with Gasteiger partial charge in [0.1, 0.15) is 5.75 Å². The smallest absolute Gasteiger partial charge is 0.257 e. The number of carbonyl (C=O) groups is 1. The molecular formula is C11H16N2O2. The molecule has 4 heteroatoms. The molecule has 0 aliphatic rings. The van der Waals surface area contributed by atoms with Crippen molar-refractivity contribution in [2.24, 2.45) is 5.73 Å². The quantitative estimate of drug-likeness (QED) is 0.760.